The van der Waals surface area contributed by atoms with Gasteiger partial charge in [-0.15, -0.1) is 0 Å². The Morgan fingerprint density at radius 1 is 1.14 bits per heavy atom. The Balaban J connectivity index is 1.29. The summed E-state index contributed by atoms with van der Waals surface area (Å²) in [4.78, 5) is 41.4. The number of urea groups is 1. The van der Waals surface area contributed by atoms with Crippen molar-refractivity contribution in [3.8, 4) is 5.75 Å². The number of aromatic nitrogens is 2. The predicted octanol–water partition coefficient (Wildman–Crippen LogP) is 2.20. The molecule has 0 aliphatic carbocycles. The van der Waals surface area contributed by atoms with Crippen LogP contribution in [0.1, 0.15) is 36.6 Å². The number of carbonyl (C=O) groups is 2. The number of aryl methyl sites for hydroxylation is 1. The van der Waals surface area contributed by atoms with Crippen molar-refractivity contribution in [1.29, 1.82) is 0 Å². The van der Waals surface area contributed by atoms with E-state index in [0.717, 1.165) is 40.0 Å². The molecule has 4 N–H and O–H groups in total. The van der Waals surface area contributed by atoms with Gasteiger partial charge in [0, 0.05) is 62.0 Å². The maximum Gasteiger partial charge on any atom is 0.322 e. The summed E-state index contributed by atoms with van der Waals surface area (Å²) in [6.45, 7) is 5.55. The number of nitrogens with one attached hydrogen (secondary N) is 2. The zero-order valence-corrected chi connectivity index (χ0v) is 25.0. The molecule has 5 heterocycles. The molecule has 13 heteroatoms. The highest BCUT2D eigenvalue weighted by Gasteiger charge is 2.49. The smallest absolute Gasteiger partial charge is 0.322 e. The van der Waals surface area contributed by atoms with Crippen molar-refractivity contribution in [3.05, 3.63) is 46.9 Å². The number of halogens is 1. The van der Waals surface area contributed by atoms with Gasteiger partial charge in [0.15, 0.2) is 6.79 Å². The van der Waals surface area contributed by atoms with Crippen LogP contribution < -0.4 is 35.8 Å². The number of nitrogens with zero attached hydrogens (tertiary/aromatic N) is 5. The molecule has 1 unspecified atom stereocenters. The van der Waals surface area contributed by atoms with Crippen LogP contribution in [0.15, 0.2) is 24.3 Å². The molecule has 4 aliphatic heterocycles. The molecule has 3 aromatic rings. The van der Waals surface area contributed by atoms with Crippen molar-refractivity contribution in [3.63, 3.8) is 0 Å². The summed E-state index contributed by atoms with van der Waals surface area (Å²) in [7, 11) is 1.57. The largest absolute Gasteiger partial charge is 0.467 e. The highest BCUT2D eigenvalue weighted by Crippen LogP contribution is 2.40. The van der Waals surface area contributed by atoms with Gasteiger partial charge in [-0.25, -0.2) is 14.2 Å². The minimum atomic E-state index is -0.977. The fourth-order valence-corrected chi connectivity index (χ4v) is 7.00. The molecule has 1 aromatic heterocycles. The molecule has 44 heavy (non-hydrogen) atoms. The number of hydrogen-bond donors (Lipinski definition) is 3. The van der Waals surface area contributed by atoms with Gasteiger partial charge in [0.2, 0.25) is 5.95 Å². The van der Waals surface area contributed by atoms with E-state index in [2.05, 4.69) is 25.3 Å². The topological polar surface area (TPSA) is 138 Å². The van der Waals surface area contributed by atoms with Gasteiger partial charge in [-0.1, -0.05) is 13.0 Å². The molecule has 3 saturated heterocycles. The number of methoxy groups -OCH3 is 1. The number of imide groups is 1. The molecule has 232 valence electrons. The highest BCUT2D eigenvalue weighted by atomic mass is 19.1. The fraction of sp³-hybridized carbons (Fsp3) is 0.484. The Hall–Kier alpha value is -4.23. The zero-order chi connectivity index (χ0) is 30.6. The van der Waals surface area contributed by atoms with E-state index in [0.29, 0.717) is 75.8 Å². The summed E-state index contributed by atoms with van der Waals surface area (Å²) in [5.74, 6) is 1.51. The SMILES string of the molecule is CCc1c(F)ccc2cc(OCOC)cc(N3CCc4c(nc(N5CC(N)C5)nc4N4CCCC5(C4)NC(=O)NC5=O)C3)c12. The third kappa shape index (κ3) is 4.84. The number of nitrogens with two attached hydrogens (primary N) is 1. The number of anilines is 3. The van der Waals surface area contributed by atoms with Crippen molar-refractivity contribution in [2.45, 2.75) is 50.7 Å². The second-order valence-corrected chi connectivity index (χ2v) is 12.1. The first-order valence-corrected chi connectivity index (χ1v) is 15.2. The first kappa shape index (κ1) is 28.5. The van der Waals surface area contributed by atoms with Crippen LogP contribution in [0.4, 0.5) is 26.6 Å². The molecular weight excluding hydrogens is 567 g/mol. The summed E-state index contributed by atoms with van der Waals surface area (Å²) in [5, 5.41) is 7.05. The molecule has 2 aromatic carbocycles. The molecule has 0 saturated carbocycles. The van der Waals surface area contributed by atoms with E-state index in [1.54, 1.807) is 13.2 Å². The first-order valence-electron chi connectivity index (χ1n) is 15.2. The van der Waals surface area contributed by atoms with Crippen LogP contribution >= 0.6 is 0 Å². The van der Waals surface area contributed by atoms with Crippen LogP contribution in [-0.4, -0.2) is 80.1 Å². The normalized spacial score (nSPS) is 21.9. The lowest BCUT2D eigenvalue weighted by atomic mass is 9.88. The zero-order valence-electron chi connectivity index (χ0n) is 25.0. The molecule has 4 aliphatic rings. The van der Waals surface area contributed by atoms with Gasteiger partial charge in [-0.05, 0) is 48.8 Å². The van der Waals surface area contributed by atoms with Gasteiger partial charge in [0.25, 0.3) is 5.91 Å². The lowest BCUT2D eigenvalue weighted by Crippen LogP contribution is -2.59. The number of hydrogen-bond acceptors (Lipinski definition) is 10. The van der Waals surface area contributed by atoms with Gasteiger partial charge in [-0.3, -0.25) is 10.1 Å². The van der Waals surface area contributed by atoms with Gasteiger partial charge in [0.05, 0.1) is 18.8 Å². The highest BCUT2D eigenvalue weighted by molar-refractivity contribution is 6.07. The number of carbonyl (C=O) groups excluding carboxylic acids is 2. The molecule has 0 bridgehead atoms. The second kappa shape index (κ2) is 11.0. The average Bonchev–Trinajstić information content (AvgIpc) is 3.27. The third-order valence-corrected chi connectivity index (χ3v) is 9.19. The van der Waals surface area contributed by atoms with Crippen LogP contribution in [-0.2, 0) is 28.9 Å². The number of ether oxygens (including phenoxy) is 2. The molecule has 3 fully saturated rings. The third-order valence-electron chi connectivity index (χ3n) is 9.19. The van der Waals surface area contributed by atoms with E-state index in [-0.39, 0.29) is 24.6 Å². The van der Waals surface area contributed by atoms with Crippen molar-refractivity contribution in [1.82, 2.24) is 20.6 Å². The Kier molecular flexibility index (Phi) is 7.16. The van der Waals surface area contributed by atoms with Crippen LogP contribution in [0, 0.1) is 5.82 Å². The number of fused-ring (bicyclic) bond motifs is 2. The van der Waals surface area contributed by atoms with Gasteiger partial charge < -0.3 is 35.2 Å². The second-order valence-electron chi connectivity index (χ2n) is 12.1. The van der Waals surface area contributed by atoms with E-state index in [1.165, 1.54) is 6.07 Å². The maximum atomic E-state index is 15.1. The van der Waals surface area contributed by atoms with Gasteiger partial charge in [-0.2, -0.15) is 4.98 Å². The number of piperidine rings is 1. The van der Waals surface area contributed by atoms with Crippen LogP contribution in [0.5, 0.6) is 5.75 Å². The van der Waals surface area contributed by atoms with Crippen LogP contribution in [0.2, 0.25) is 0 Å². The van der Waals surface area contributed by atoms with E-state index in [4.69, 9.17) is 25.2 Å². The van der Waals surface area contributed by atoms with Gasteiger partial charge in [0.1, 0.15) is 22.9 Å². The molecule has 3 amide bonds. The quantitative estimate of drug-likeness (QED) is 0.272. The molecule has 1 spiro atoms. The summed E-state index contributed by atoms with van der Waals surface area (Å²) >= 11 is 0. The number of benzene rings is 2. The summed E-state index contributed by atoms with van der Waals surface area (Å²) in [6, 6.07) is 6.79. The Morgan fingerprint density at radius 2 is 1.98 bits per heavy atom. The van der Waals surface area contributed by atoms with Crippen molar-refractivity contribution >= 4 is 40.2 Å². The first-order chi connectivity index (χ1) is 21.3. The molecule has 1 atom stereocenters. The molecule has 0 radical (unpaired) electrons. The average molecular weight is 605 g/mol. The monoisotopic (exact) mass is 604 g/mol. The lowest BCUT2D eigenvalue weighted by molar-refractivity contribution is -0.124. The molecule has 7 rings (SSSR count). The van der Waals surface area contributed by atoms with E-state index >= 15 is 4.39 Å². The summed E-state index contributed by atoms with van der Waals surface area (Å²) in [5.41, 5.74) is 8.58. The van der Waals surface area contributed by atoms with E-state index < -0.39 is 11.6 Å². The maximum absolute atomic E-state index is 15.1. The standard InChI is InChI=1S/C31H37FN8O4/c1-3-21-23(32)6-5-18-11-20(44-17-43-2)12-25(26(18)21)38-10-7-22-24(15-38)34-29(40-13-19(33)14-40)35-27(22)39-9-4-8-31(16-39)28(41)36-30(42)37-31/h5-6,11-12,19H,3-4,7-10,13-17,33H2,1-2H3,(H2,36,37,41,42). The predicted molar refractivity (Wildman–Crippen MR) is 164 cm³/mol. The Labute approximate surface area is 254 Å². The Morgan fingerprint density at radius 3 is 2.70 bits per heavy atom. The van der Waals surface area contributed by atoms with Gasteiger partial charge >= 0.3 is 6.03 Å². The lowest BCUT2D eigenvalue weighted by Gasteiger charge is -2.42. The minimum Gasteiger partial charge on any atom is -0.467 e. The molecule has 12 nitrogen and oxygen atoms in total. The fourth-order valence-electron chi connectivity index (χ4n) is 7.00. The summed E-state index contributed by atoms with van der Waals surface area (Å²) in [6.07, 6.45) is 2.49. The van der Waals surface area contributed by atoms with E-state index in [1.807, 2.05) is 19.1 Å². The van der Waals surface area contributed by atoms with Crippen LogP contribution in [0.3, 0.4) is 0 Å². The number of amides is 3. The van der Waals surface area contributed by atoms with E-state index in [9.17, 15) is 9.59 Å². The molecular formula is C31H37FN8O4. The van der Waals surface area contributed by atoms with Crippen molar-refractivity contribution in [2.24, 2.45) is 5.73 Å². The Bertz CT molecular complexity index is 1650. The van der Waals surface area contributed by atoms with Crippen LogP contribution in [0.25, 0.3) is 10.8 Å². The number of rotatable bonds is 7. The summed E-state index contributed by atoms with van der Waals surface area (Å²) < 4.78 is 26.1. The minimum absolute atomic E-state index is 0.0637. The van der Waals surface area contributed by atoms with Crippen molar-refractivity contribution in [2.75, 3.05) is 61.3 Å². The van der Waals surface area contributed by atoms with Crippen molar-refractivity contribution < 1.29 is 23.5 Å².